The average molecular weight is 279 g/mol. The number of benzene rings is 1. The fraction of sp³-hybridized carbons (Fsp3) is 0.533. The van der Waals surface area contributed by atoms with Crippen LogP contribution in [0.4, 0.5) is 0 Å². The minimum Gasteiger partial charge on any atom is -0.349 e. The Bertz CT molecular complexity index is 464. The number of hydrogen-bond donors (Lipinski definition) is 1. The van der Waals surface area contributed by atoms with Crippen LogP contribution in [0.5, 0.6) is 0 Å². The van der Waals surface area contributed by atoms with Gasteiger partial charge < -0.3 is 10.2 Å². The summed E-state index contributed by atoms with van der Waals surface area (Å²) in [6, 6.07) is 7.49. The molecule has 0 atom stereocenters. The van der Waals surface area contributed by atoms with Gasteiger partial charge in [-0.2, -0.15) is 0 Å². The largest absolute Gasteiger partial charge is 0.349 e. The summed E-state index contributed by atoms with van der Waals surface area (Å²) < 4.78 is 0. The van der Waals surface area contributed by atoms with Crippen LogP contribution >= 0.6 is 11.6 Å². The molecular formula is C15H19ClN2O. The first kappa shape index (κ1) is 12.9. The van der Waals surface area contributed by atoms with Crippen molar-refractivity contribution in [1.82, 2.24) is 10.2 Å². The second-order valence-electron chi connectivity index (χ2n) is 5.76. The van der Waals surface area contributed by atoms with E-state index in [1.807, 2.05) is 24.3 Å². The Balaban J connectivity index is 1.51. The molecule has 1 amide bonds. The molecule has 3 nitrogen and oxygen atoms in total. The monoisotopic (exact) mass is 278 g/mol. The third-order valence-electron chi connectivity index (χ3n) is 4.01. The van der Waals surface area contributed by atoms with Crippen molar-refractivity contribution in [2.45, 2.75) is 31.2 Å². The van der Waals surface area contributed by atoms with Crippen molar-refractivity contribution in [3.63, 3.8) is 0 Å². The molecule has 1 aliphatic heterocycles. The lowest BCUT2D eigenvalue weighted by Crippen LogP contribution is -2.50. The molecule has 102 valence electrons. The molecular weight excluding hydrogens is 260 g/mol. The van der Waals surface area contributed by atoms with E-state index in [4.69, 9.17) is 11.6 Å². The third kappa shape index (κ3) is 3.28. The van der Waals surface area contributed by atoms with E-state index >= 15 is 0 Å². The van der Waals surface area contributed by atoms with Gasteiger partial charge in [0.2, 0.25) is 5.91 Å². The van der Waals surface area contributed by atoms with Gasteiger partial charge >= 0.3 is 0 Å². The van der Waals surface area contributed by atoms with Crippen LogP contribution in [0.25, 0.3) is 0 Å². The minimum atomic E-state index is 0.0733. The maximum atomic E-state index is 12.1. The number of carbonyl (C=O) groups excluding carboxylic acids is 1. The van der Waals surface area contributed by atoms with Gasteiger partial charge in [-0.1, -0.05) is 23.7 Å². The topological polar surface area (TPSA) is 32.3 Å². The summed E-state index contributed by atoms with van der Waals surface area (Å²) in [4.78, 5) is 14.5. The van der Waals surface area contributed by atoms with E-state index in [1.165, 1.54) is 19.5 Å². The number of carbonyl (C=O) groups is 1. The van der Waals surface area contributed by atoms with Crippen molar-refractivity contribution in [2.75, 3.05) is 19.6 Å². The Hall–Kier alpha value is -1.06. The van der Waals surface area contributed by atoms with Gasteiger partial charge in [-0.25, -0.2) is 0 Å². The summed E-state index contributed by atoms with van der Waals surface area (Å²) in [6.07, 6.45) is 3.99. The van der Waals surface area contributed by atoms with Gasteiger partial charge in [0, 0.05) is 11.6 Å². The number of rotatable bonds is 5. The zero-order chi connectivity index (χ0) is 13.3. The van der Waals surface area contributed by atoms with Crippen LogP contribution in [0.3, 0.4) is 0 Å². The molecule has 0 aromatic heterocycles. The van der Waals surface area contributed by atoms with Gasteiger partial charge in [0.25, 0.3) is 0 Å². The molecule has 1 saturated carbocycles. The summed E-state index contributed by atoms with van der Waals surface area (Å²) in [7, 11) is 0. The van der Waals surface area contributed by atoms with Gasteiger partial charge in [-0.05, 0) is 50.0 Å². The van der Waals surface area contributed by atoms with E-state index in [0.717, 1.165) is 24.9 Å². The van der Waals surface area contributed by atoms with Crippen molar-refractivity contribution < 1.29 is 4.79 Å². The number of hydrogen-bond acceptors (Lipinski definition) is 2. The summed E-state index contributed by atoms with van der Waals surface area (Å²) in [5.41, 5.74) is 1.09. The van der Waals surface area contributed by atoms with Crippen molar-refractivity contribution in [1.29, 1.82) is 0 Å². The smallest absolute Gasteiger partial charge is 0.224 e. The Morgan fingerprint density at radius 2 is 1.95 bits per heavy atom. The zero-order valence-corrected chi connectivity index (χ0v) is 11.7. The van der Waals surface area contributed by atoms with E-state index in [-0.39, 0.29) is 11.4 Å². The minimum absolute atomic E-state index is 0.0733. The normalized spacial score (nSPS) is 20.7. The summed E-state index contributed by atoms with van der Waals surface area (Å²) >= 11 is 5.84. The number of likely N-dealkylation sites (tertiary alicyclic amines) is 1. The van der Waals surface area contributed by atoms with Crippen molar-refractivity contribution in [3.8, 4) is 0 Å². The highest BCUT2D eigenvalue weighted by atomic mass is 35.5. The number of amides is 1. The van der Waals surface area contributed by atoms with Crippen LogP contribution in [0.15, 0.2) is 24.3 Å². The summed E-state index contributed by atoms with van der Waals surface area (Å²) in [5, 5.41) is 3.92. The quantitative estimate of drug-likeness (QED) is 0.896. The molecule has 1 aromatic carbocycles. The molecule has 0 bridgehead atoms. The van der Waals surface area contributed by atoms with Crippen LogP contribution in [-0.4, -0.2) is 36.0 Å². The van der Waals surface area contributed by atoms with Gasteiger partial charge in [0.05, 0.1) is 12.0 Å². The molecule has 3 rings (SSSR count). The third-order valence-corrected chi connectivity index (χ3v) is 4.26. The molecule has 1 heterocycles. The van der Waals surface area contributed by atoms with E-state index in [9.17, 15) is 4.79 Å². The molecule has 0 radical (unpaired) electrons. The number of nitrogens with one attached hydrogen (secondary N) is 1. The molecule has 0 spiro atoms. The first-order valence-corrected chi connectivity index (χ1v) is 7.31. The predicted octanol–water partition coefficient (Wildman–Crippen LogP) is 2.24. The van der Waals surface area contributed by atoms with E-state index in [1.54, 1.807) is 0 Å². The predicted molar refractivity (Wildman–Crippen MR) is 76.3 cm³/mol. The highest BCUT2D eigenvalue weighted by Crippen LogP contribution is 2.37. The summed E-state index contributed by atoms with van der Waals surface area (Å²) in [5.74, 6) is 0.125. The lowest BCUT2D eigenvalue weighted by Gasteiger charge is -2.34. The lowest BCUT2D eigenvalue weighted by molar-refractivity contribution is -0.121. The fourth-order valence-corrected chi connectivity index (χ4v) is 2.69. The van der Waals surface area contributed by atoms with Crippen LogP contribution < -0.4 is 5.32 Å². The van der Waals surface area contributed by atoms with Crippen LogP contribution in [-0.2, 0) is 11.2 Å². The highest BCUT2D eigenvalue weighted by Gasteiger charge is 2.45. The van der Waals surface area contributed by atoms with Gasteiger partial charge in [0.15, 0.2) is 0 Å². The maximum absolute atomic E-state index is 12.1. The molecule has 2 fully saturated rings. The van der Waals surface area contributed by atoms with Crippen molar-refractivity contribution in [3.05, 3.63) is 34.9 Å². The van der Waals surface area contributed by atoms with E-state index in [2.05, 4.69) is 10.2 Å². The van der Waals surface area contributed by atoms with Crippen LogP contribution in [0.2, 0.25) is 5.02 Å². The second-order valence-corrected chi connectivity index (χ2v) is 6.20. The Labute approximate surface area is 118 Å². The zero-order valence-electron chi connectivity index (χ0n) is 11.0. The van der Waals surface area contributed by atoms with Gasteiger partial charge in [-0.3, -0.25) is 4.79 Å². The fourth-order valence-electron chi connectivity index (χ4n) is 2.57. The molecule has 2 aliphatic rings. The standard InChI is InChI=1S/C15H19ClN2O/c16-13-4-2-12(3-5-13)10-14(19)17-15(6-7-15)11-18-8-1-9-18/h2-5H,1,6-11H2,(H,17,19). The van der Waals surface area contributed by atoms with Gasteiger partial charge in [0.1, 0.15) is 0 Å². The average Bonchev–Trinajstić information content (AvgIpc) is 3.07. The molecule has 19 heavy (non-hydrogen) atoms. The van der Waals surface area contributed by atoms with Crippen LogP contribution in [0.1, 0.15) is 24.8 Å². The molecule has 1 aliphatic carbocycles. The first-order chi connectivity index (χ1) is 9.15. The van der Waals surface area contributed by atoms with Crippen molar-refractivity contribution in [2.24, 2.45) is 0 Å². The molecule has 1 N–H and O–H groups in total. The summed E-state index contributed by atoms with van der Waals surface area (Å²) in [6.45, 7) is 3.41. The van der Waals surface area contributed by atoms with E-state index in [0.29, 0.717) is 11.4 Å². The maximum Gasteiger partial charge on any atom is 0.224 e. The lowest BCUT2D eigenvalue weighted by atomic mass is 10.1. The molecule has 0 unspecified atom stereocenters. The Kier molecular flexibility index (Phi) is 3.50. The van der Waals surface area contributed by atoms with Crippen LogP contribution in [0, 0.1) is 0 Å². The Morgan fingerprint density at radius 3 is 2.47 bits per heavy atom. The first-order valence-electron chi connectivity index (χ1n) is 6.93. The number of nitrogens with zero attached hydrogens (tertiary/aromatic N) is 1. The highest BCUT2D eigenvalue weighted by molar-refractivity contribution is 6.30. The molecule has 1 aromatic rings. The molecule has 4 heteroatoms. The van der Waals surface area contributed by atoms with E-state index < -0.39 is 0 Å². The second kappa shape index (κ2) is 5.14. The SMILES string of the molecule is O=C(Cc1ccc(Cl)cc1)NC1(CN2CCC2)CC1. The molecule has 1 saturated heterocycles. The Morgan fingerprint density at radius 1 is 1.26 bits per heavy atom. The van der Waals surface area contributed by atoms with Crippen molar-refractivity contribution >= 4 is 17.5 Å². The van der Waals surface area contributed by atoms with Gasteiger partial charge in [-0.15, -0.1) is 0 Å². The number of halogens is 1.